The maximum atomic E-state index is 9.63. The second kappa shape index (κ2) is 8.39. The van der Waals surface area contributed by atoms with Crippen molar-refractivity contribution in [3.05, 3.63) is 48.5 Å². The second-order valence-corrected chi connectivity index (χ2v) is 7.10. The standard InChI is InChI=1S/C23H25N3O3/c1-28-21-11-8-17(14-22(21)29-2)20-15-19(16-6-9-18(27)10-7-16)24-23(25-20)26-12-4-3-5-13-26/h6-11,14-15,27H,3-5,12-13H2,1-2H3. The molecule has 3 aromatic rings. The molecule has 0 unspecified atom stereocenters. The van der Waals surface area contributed by atoms with Crippen molar-refractivity contribution < 1.29 is 14.6 Å². The number of methoxy groups -OCH3 is 2. The zero-order chi connectivity index (χ0) is 20.2. The van der Waals surface area contributed by atoms with Crippen LogP contribution in [0.2, 0.25) is 0 Å². The van der Waals surface area contributed by atoms with Crippen LogP contribution in [0.25, 0.3) is 22.5 Å². The summed E-state index contributed by atoms with van der Waals surface area (Å²) in [5.41, 5.74) is 3.52. The first kappa shape index (κ1) is 19.1. The summed E-state index contributed by atoms with van der Waals surface area (Å²) >= 11 is 0. The molecule has 29 heavy (non-hydrogen) atoms. The molecule has 0 atom stereocenters. The van der Waals surface area contributed by atoms with E-state index in [1.165, 1.54) is 6.42 Å². The minimum atomic E-state index is 0.235. The largest absolute Gasteiger partial charge is 0.508 e. The summed E-state index contributed by atoms with van der Waals surface area (Å²) in [7, 11) is 3.25. The van der Waals surface area contributed by atoms with E-state index < -0.39 is 0 Å². The van der Waals surface area contributed by atoms with Gasteiger partial charge in [0.15, 0.2) is 11.5 Å². The van der Waals surface area contributed by atoms with E-state index in [0.717, 1.165) is 54.4 Å². The smallest absolute Gasteiger partial charge is 0.226 e. The molecule has 1 aromatic heterocycles. The molecule has 0 radical (unpaired) electrons. The van der Waals surface area contributed by atoms with Crippen molar-refractivity contribution in [2.45, 2.75) is 19.3 Å². The number of benzene rings is 2. The van der Waals surface area contributed by atoms with E-state index in [4.69, 9.17) is 19.4 Å². The Morgan fingerprint density at radius 3 is 2.03 bits per heavy atom. The highest BCUT2D eigenvalue weighted by Crippen LogP contribution is 2.34. The Balaban J connectivity index is 1.82. The molecule has 0 saturated carbocycles. The number of aromatic nitrogens is 2. The van der Waals surface area contributed by atoms with Gasteiger partial charge in [-0.1, -0.05) is 0 Å². The first-order chi connectivity index (χ1) is 14.2. The van der Waals surface area contributed by atoms with Crippen LogP contribution in [0.15, 0.2) is 48.5 Å². The first-order valence-electron chi connectivity index (χ1n) is 9.84. The van der Waals surface area contributed by atoms with E-state index in [1.54, 1.807) is 26.4 Å². The van der Waals surface area contributed by atoms with Crippen LogP contribution in [0.5, 0.6) is 17.2 Å². The van der Waals surface area contributed by atoms with Crippen LogP contribution < -0.4 is 14.4 Å². The van der Waals surface area contributed by atoms with Gasteiger partial charge in [0.25, 0.3) is 0 Å². The zero-order valence-electron chi connectivity index (χ0n) is 16.8. The molecular formula is C23H25N3O3. The van der Waals surface area contributed by atoms with E-state index in [2.05, 4.69) is 4.90 Å². The van der Waals surface area contributed by atoms with Gasteiger partial charge in [0.05, 0.1) is 25.6 Å². The summed E-state index contributed by atoms with van der Waals surface area (Å²) in [5, 5.41) is 9.63. The lowest BCUT2D eigenvalue weighted by Crippen LogP contribution is -2.31. The van der Waals surface area contributed by atoms with Gasteiger partial charge < -0.3 is 19.5 Å². The quantitative estimate of drug-likeness (QED) is 0.690. The highest BCUT2D eigenvalue weighted by molar-refractivity contribution is 5.71. The fourth-order valence-corrected chi connectivity index (χ4v) is 3.59. The Morgan fingerprint density at radius 2 is 1.38 bits per heavy atom. The number of nitrogens with zero attached hydrogens (tertiary/aromatic N) is 3. The van der Waals surface area contributed by atoms with Gasteiger partial charge in [0, 0.05) is 24.2 Å². The molecule has 1 N–H and O–H groups in total. The SMILES string of the molecule is COc1ccc(-c2cc(-c3ccc(O)cc3)nc(N3CCCCC3)n2)cc1OC. The Labute approximate surface area is 170 Å². The molecule has 1 aliphatic rings. The highest BCUT2D eigenvalue weighted by Gasteiger charge is 2.17. The van der Waals surface area contributed by atoms with Gasteiger partial charge in [0.1, 0.15) is 5.75 Å². The lowest BCUT2D eigenvalue weighted by atomic mass is 10.1. The van der Waals surface area contributed by atoms with Gasteiger partial charge >= 0.3 is 0 Å². The minimum absolute atomic E-state index is 0.235. The van der Waals surface area contributed by atoms with Crippen molar-refractivity contribution in [1.29, 1.82) is 0 Å². The van der Waals surface area contributed by atoms with Gasteiger partial charge in [-0.2, -0.15) is 0 Å². The molecule has 150 valence electrons. The van der Waals surface area contributed by atoms with Crippen molar-refractivity contribution in [2.75, 3.05) is 32.2 Å². The number of rotatable bonds is 5. The minimum Gasteiger partial charge on any atom is -0.508 e. The Bertz CT molecular complexity index is 983. The molecule has 2 heterocycles. The Hall–Kier alpha value is -3.28. The summed E-state index contributed by atoms with van der Waals surface area (Å²) in [5.74, 6) is 2.31. The number of hydrogen-bond acceptors (Lipinski definition) is 6. The summed E-state index contributed by atoms with van der Waals surface area (Å²) in [6.07, 6.45) is 3.55. The first-order valence-corrected chi connectivity index (χ1v) is 9.84. The third-order valence-corrected chi connectivity index (χ3v) is 5.20. The normalized spacial score (nSPS) is 13.9. The molecule has 1 fully saturated rings. The molecule has 0 aliphatic carbocycles. The van der Waals surface area contributed by atoms with Crippen molar-refractivity contribution in [2.24, 2.45) is 0 Å². The number of anilines is 1. The fraction of sp³-hybridized carbons (Fsp3) is 0.304. The van der Waals surface area contributed by atoms with Crippen molar-refractivity contribution >= 4 is 5.95 Å². The Morgan fingerprint density at radius 1 is 0.759 bits per heavy atom. The summed E-state index contributed by atoms with van der Waals surface area (Å²) < 4.78 is 10.8. The molecule has 4 rings (SSSR count). The number of phenols is 1. The van der Waals surface area contributed by atoms with E-state index in [1.807, 2.05) is 36.4 Å². The predicted molar refractivity (Wildman–Crippen MR) is 114 cm³/mol. The Kier molecular flexibility index (Phi) is 5.51. The molecular weight excluding hydrogens is 366 g/mol. The van der Waals surface area contributed by atoms with E-state index in [9.17, 15) is 5.11 Å². The third-order valence-electron chi connectivity index (χ3n) is 5.20. The van der Waals surface area contributed by atoms with Crippen LogP contribution in [0, 0.1) is 0 Å². The molecule has 0 spiro atoms. The number of ether oxygens (including phenoxy) is 2. The van der Waals surface area contributed by atoms with E-state index >= 15 is 0 Å². The molecule has 2 aromatic carbocycles. The van der Waals surface area contributed by atoms with Crippen molar-refractivity contribution in [3.63, 3.8) is 0 Å². The molecule has 0 amide bonds. The average Bonchev–Trinajstić information content (AvgIpc) is 2.79. The lowest BCUT2D eigenvalue weighted by molar-refractivity contribution is 0.355. The van der Waals surface area contributed by atoms with Crippen LogP contribution in [-0.4, -0.2) is 42.4 Å². The number of phenolic OH excluding ortho intramolecular Hbond substituents is 1. The zero-order valence-corrected chi connectivity index (χ0v) is 16.8. The molecule has 6 nitrogen and oxygen atoms in total. The van der Waals surface area contributed by atoms with Gasteiger partial charge in [-0.3, -0.25) is 0 Å². The van der Waals surface area contributed by atoms with Crippen LogP contribution in [0.1, 0.15) is 19.3 Å². The molecule has 6 heteroatoms. The maximum Gasteiger partial charge on any atom is 0.226 e. The predicted octanol–water partition coefficient (Wildman–Crippen LogP) is 4.52. The highest BCUT2D eigenvalue weighted by atomic mass is 16.5. The van der Waals surface area contributed by atoms with Crippen LogP contribution >= 0.6 is 0 Å². The lowest BCUT2D eigenvalue weighted by Gasteiger charge is -2.27. The van der Waals surface area contributed by atoms with Crippen LogP contribution in [0.3, 0.4) is 0 Å². The van der Waals surface area contributed by atoms with Crippen LogP contribution in [-0.2, 0) is 0 Å². The molecule has 0 bridgehead atoms. The molecule has 1 aliphatic heterocycles. The third kappa shape index (κ3) is 4.11. The second-order valence-electron chi connectivity index (χ2n) is 7.10. The fourth-order valence-electron chi connectivity index (χ4n) is 3.59. The van der Waals surface area contributed by atoms with Crippen molar-refractivity contribution in [1.82, 2.24) is 9.97 Å². The molecule has 1 saturated heterocycles. The summed E-state index contributed by atoms with van der Waals surface area (Å²) in [4.78, 5) is 12.0. The number of aromatic hydroxyl groups is 1. The average molecular weight is 391 g/mol. The number of hydrogen-bond donors (Lipinski definition) is 1. The number of piperidine rings is 1. The van der Waals surface area contributed by atoms with Gasteiger partial charge in [-0.15, -0.1) is 0 Å². The van der Waals surface area contributed by atoms with Gasteiger partial charge in [-0.05, 0) is 67.8 Å². The monoisotopic (exact) mass is 391 g/mol. The topological polar surface area (TPSA) is 67.7 Å². The summed E-state index contributed by atoms with van der Waals surface area (Å²) in [6.45, 7) is 1.93. The van der Waals surface area contributed by atoms with E-state index in [-0.39, 0.29) is 5.75 Å². The van der Waals surface area contributed by atoms with Gasteiger partial charge in [-0.25, -0.2) is 9.97 Å². The summed E-state index contributed by atoms with van der Waals surface area (Å²) in [6, 6.07) is 14.9. The maximum absolute atomic E-state index is 9.63. The van der Waals surface area contributed by atoms with Gasteiger partial charge in [0.2, 0.25) is 5.95 Å². The van der Waals surface area contributed by atoms with Crippen LogP contribution in [0.4, 0.5) is 5.95 Å². The van der Waals surface area contributed by atoms with Crippen molar-refractivity contribution in [3.8, 4) is 39.8 Å². The van der Waals surface area contributed by atoms with E-state index in [0.29, 0.717) is 11.5 Å².